The van der Waals surface area contributed by atoms with Crippen LogP contribution in [-0.4, -0.2) is 24.6 Å². The standard InChI is InChI=1S/C12H13N5O2/c1-7-3-4-9(8(5-7)12(18)19-2)16-17-10(6-13)11(14)15/h3-5,16H,1-2H3,(H3,14,15)/b17-10+. The summed E-state index contributed by atoms with van der Waals surface area (Å²) < 4.78 is 4.65. The van der Waals surface area contributed by atoms with Crippen molar-refractivity contribution in [3.63, 3.8) is 0 Å². The van der Waals surface area contributed by atoms with Gasteiger partial charge in [0.2, 0.25) is 5.71 Å². The van der Waals surface area contributed by atoms with Gasteiger partial charge in [-0.3, -0.25) is 10.8 Å². The molecule has 0 bridgehead atoms. The normalized spacial score (nSPS) is 10.5. The average molecular weight is 259 g/mol. The number of carbonyl (C=O) groups is 1. The zero-order valence-electron chi connectivity index (χ0n) is 10.5. The van der Waals surface area contributed by atoms with Crippen LogP contribution in [0.1, 0.15) is 15.9 Å². The van der Waals surface area contributed by atoms with Gasteiger partial charge in [0.25, 0.3) is 0 Å². The number of nitrogens with zero attached hydrogens (tertiary/aromatic N) is 2. The van der Waals surface area contributed by atoms with E-state index < -0.39 is 11.8 Å². The number of nitriles is 1. The molecule has 19 heavy (non-hydrogen) atoms. The summed E-state index contributed by atoms with van der Waals surface area (Å²) in [5, 5.41) is 19.5. The largest absolute Gasteiger partial charge is 0.465 e. The number of rotatable bonds is 4. The molecule has 0 saturated heterocycles. The van der Waals surface area contributed by atoms with Crippen LogP contribution in [0.2, 0.25) is 0 Å². The minimum Gasteiger partial charge on any atom is -0.465 e. The van der Waals surface area contributed by atoms with Crippen molar-refractivity contribution in [3.05, 3.63) is 29.3 Å². The number of methoxy groups -OCH3 is 1. The van der Waals surface area contributed by atoms with Gasteiger partial charge < -0.3 is 10.5 Å². The summed E-state index contributed by atoms with van der Waals surface area (Å²) in [7, 11) is 1.27. The number of nitrogens with two attached hydrogens (primary N) is 1. The molecule has 1 rings (SSSR count). The summed E-state index contributed by atoms with van der Waals surface area (Å²) in [5.41, 5.74) is 8.95. The topological polar surface area (TPSA) is 124 Å². The predicted molar refractivity (Wildman–Crippen MR) is 71.1 cm³/mol. The molecule has 0 aromatic heterocycles. The molecule has 98 valence electrons. The molecule has 0 spiro atoms. The molecule has 7 heteroatoms. The number of hydrazone groups is 1. The second-order valence-electron chi connectivity index (χ2n) is 3.64. The molecule has 1 aromatic carbocycles. The monoisotopic (exact) mass is 259 g/mol. The number of nitrogens with one attached hydrogen (secondary N) is 2. The highest BCUT2D eigenvalue weighted by Gasteiger charge is 2.12. The van der Waals surface area contributed by atoms with Crippen molar-refractivity contribution in [1.82, 2.24) is 0 Å². The van der Waals surface area contributed by atoms with Crippen molar-refractivity contribution in [3.8, 4) is 6.07 Å². The van der Waals surface area contributed by atoms with Crippen molar-refractivity contribution in [2.45, 2.75) is 6.92 Å². The Morgan fingerprint density at radius 2 is 2.26 bits per heavy atom. The van der Waals surface area contributed by atoms with Crippen LogP contribution < -0.4 is 11.2 Å². The van der Waals surface area contributed by atoms with Gasteiger partial charge in [-0.1, -0.05) is 11.6 Å². The number of anilines is 1. The maximum atomic E-state index is 11.6. The van der Waals surface area contributed by atoms with Crippen LogP contribution in [0.4, 0.5) is 5.69 Å². The van der Waals surface area contributed by atoms with E-state index in [-0.39, 0.29) is 11.3 Å². The molecule has 0 fully saturated rings. The van der Waals surface area contributed by atoms with Crippen LogP contribution in [0.25, 0.3) is 0 Å². The van der Waals surface area contributed by atoms with Gasteiger partial charge in [0.1, 0.15) is 6.07 Å². The van der Waals surface area contributed by atoms with E-state index in [1.54, 1.807) is 24.3 Å². The molecule has 0 unspecified atom stereocenters. The number of benzene rings is 1. The van der Waals surface area contributed by atoms with Gasteiger partial charge in [0, 0.05) is 0 Å². The summed E-state index contributed by atoms with van der Waals surface area (Å²) in [6.07, 6.45) is 0. The van der Waals surface area contributed by atoms with E-state index in [4.69, 9.17) is 16.4 Å². The molecule has 0 aliphatic heterocycles. The molecule has 0 radical (unpaired) electrons. The second kappa shape index (κ2) is 6.16. The van der Waals surface area contributed by atoms with E-state index >= 15 is 0 Å². The Morgan fingerprint density at radius 1 is 1.58 bits per heavy atom. The minimum atomic E-state index is -0.525. The number of aryl methyl sites for hydroxylation is 1. The molecule has 0 aliphatic carbocycles. The van der Waals surface area contributed by atoms with Gasteiger partial charge in [-0.2, -0.15) is 10.4 Å². The van der Waals surface area contributed by atoms with Crippen molar-refractivity contribution < 1.29 is 9.53 Å². The Bertz CT molecular complexity index is 586. The highest BCUT2D eigenvalue weighted by molar-refractivity contribution is 6.45. The molecule has 0 saturated carbocycles. The maximum absolute atomic E-state index is 11.6. The molecule has 0 heterocycles. The van der Waals surface area contributed by atoms with Crippen LogP contribution in [0.15, 0.2) is 23.3 Å². The van der Waals surface area contributed by atoms with Crippen LogP contribution in [0.3, 0.4) is 0 Å². The van der Waals surface area contributed by atoms with E-state index in [0.717, 1.165) is 5.56 Å². The van der Waals surface area contributed by atoms with Crippen LogP contribution in [0.5, 0.6) is 0 Å². The number of hydrogen-bond donors (Lipinski definition) is 3. The summed E-state index contributed by atoms with van der Waals surface area (Å²) in [4.78, 5) is 11.6. The van der Waals surface area contributed by atoms with Crippen molar-refractivity contribution >= 4 is 23.2 Å². The van der Waals surface area contributed by atoms with Gasteiger partial charge in [-0.25, -0.2) is 4.79 Å². The Hall–Kier alpha value is -2.88. The Morgan fingerprint density at radius 3 is 2.79 bits per heavy atom. The van der Waals surface area contributed by atoms with Crippen molar-refractivity contribution in [2.24, 2.45) is 10.8 Å². The number of hydrogen-bond acceptors (Lipinski definition) is 6. The molecule has 0 atom stereocenters. The third kappa shape index (κ3) is 3.54. The number of ether oxygens (including phenoxy) is 1. The SMILES string of the molecule is COC(=O)c1cc(C)ccc1N/N=C(\C#N)C(=N)N. The summed E-state index contributed by atoms with van der Waals surface area (Å²) in [6.45, 7) is 1.83. The van der Waals surface area contributed by atoms with Crippen LogP contribution in [0, 0.1) is 23.7 Å². The van der Waals surface area contributed by atoms with E-state index in [0.29, 0.717) is 5.69 Å². The summed E-state index contributed by atoms with van der Waals surface area (Å²) >= 11 is 0. The lowest BCUT2D eigenvalue weighted by atomic mass is 10.1. The second-order valence-corrected chi connectivity index (χ2v) is 3.64. The highest BCUT2D eigenvalue weighted by atomic mass is 16.5. The van der Waals surface area contributed by atoms with E-state index in [1.807, 2.05) is 6.92 Å². The van der Waals surface area contributed by atoms with E-state index in [2.05, 4.69) is 15.3 Å². The Balaban J connectivity index is 3.12. The smallest absolute Gasteiger partial charge is 0.340 e. The fourth-order valence-corrected chi connectivity index (χ4v) is 1.30. The third-order valence-electron chi connectivity index (χ3n) is 2.23. The molecule has 1 aromatic rings. The molecule has 0 amide bonds. The Labute approximate surface area is 110 Å². The molecule has 0 aliphatic rings. The van der Waals surface area contributed by atoms with Gasteiger partial charge in [0.15, 0.2) is 5.84 Å². The van der Waals surface area contributed by atoms with Crippen molar-refractivity contribution in [1.29, 1.82) is 10.7 Å². The van der Waals surface area contributed by atoms with Gasteiger partial charge in [0.05, 0.1) is 18.4 Å². The lowest BCUT2D eigenvalue weighted by Gasteiger charge is -2.08. The van der Waals surface area contributed by atoms with Crippen LogP contribution >= 0.6 is 0 Å². The number of carbonyl (C=O) groups excluding carboxylic acids is 1. The van der Waals surface area contributed by atoms with Gasteiger partial charge in [-0.05, 0) is 19.1 Å². The molecular formula is C12H13N5O2. The number of esters is 1. The first kappa shape index (κ1) is 14.2. The van der Waals surface area contributed by atoms with E-state index in [9.17, 15) is 4.79 Å². The first-order valence-electron chi connectivity index (χ1n) is 5.26. The van der Waals surface area contributed by atoms with Crippen LogP contribution in [-0.2, 0) is 4.74 Å². The van der Waals surface area contributed by atoms with Gasteiger partial charge >= 0.3 is 5.97 Å². The number of amidine groups is 1. The molecular weight excluding hydrogens is 246 g/mol. The zero-order valence-corrected chi connectivity index (χ0v) is 10.5. The zero-order chi connectivity index (χ0) is 14.4. The fourth-order valence-electron chi connectivity index (χ4n) is 1.30. The fraction of sp³-hybridized carbons (Fsp3) is 0.167. The highest BCUT2D eigenvalue weighted by Crippen LogP contribution is 2.18. The lowest BCUT2D eigenvalue weighted by molar-refractivity contribution is 0.0601. The first-order chi connectivity index (χ1) is 8.99. The van der Waals surface area contributed by atoms with Crippen molar-refractivity contribution in [2.75, 3.05) is 12.5 Å². The minimum absolute atomic E-state index is 0.267. The first-order valence-corrected chi connectivity index (χ1v) is 5.26. The summed E-state index contributed by atoms with van der Waals surface area (Å²) in [6, 6.07) is 6.69. The van der Waals surface area contributed by atoms with E-state index in [1.165, 1.54) is 7.11 Å². The molecule has 7 nitrogen and oxygen atoms in total. The van der Waals surface area contributed by atoms with Gasteiger partial charge in [-0.15, -0.1) is 0 Å². The lowest BCUT2D eigenvalue weighted by Crippen LogP contribution is -2.22. The third-order valence-corrected chi connectivity index (χ3v) is 2.23. The average Bonchev–Trinajstić information content (AvgIpc) is 2.39. The maximum Gasteiger partial charge on any atom is 0.340 e. The quantitative estimate of drug-likeness (QED) is 0.322. The Kier molecular flexibility index (Phi) is 4.60. The predicted octanol–water partition coefficient (Wildman–Crippen LogP) is 1.01. The summed E-state index contributed by atoms with van der Waals surface area (Å²) in [5.74, 6) is -0.982. The molecule has 4 N–H and O–H groups in total.